The third-order valence-corrected chi connectivity index (χ3v) is 5.69. The molecule has 0 bridgehead atoms. The maximum absolute atomic E-state index is 5.03. The summed E-state index contributed by atoms with van der Waals surface area (Å²) in [5.41, 5.74) is 1.53. The number of nitrogens with one attached hydrogen (secondary N) is 1. The van der Waals surface area contributed by atoms with Crippen molar-refractivity contribution in [2.75, 3.05) is 0 Å². The van der Waals surface area contributed by atoms with Crippen molar-refractivity contribution in [3.05, 3.63) is 15.6 Å². The first-order chi connectivity index (χ1) is 9.89. The van der Waals surface area contributed by atoms with E-state index in [-0.39, 0.29) is 5.54 Å². The first kappa shape index (κ1) is 17.0. The number of rotatable bonds is 5. The molecule has 1 aromatic heterocycles. The maximum Gasteiger partial charge on any atom is 0.0962 e. The molecule has 1 heterocycles. The van der Waals surface area contributed by atoms with Crippen LogP contribution in [0.4, 0.5) is 0 Å². The summed E-state index contributed by atoms with van der Waals surface area (Å²) < 4.78 is 0. The Bertz CT molecular complexity index is 437. The predicted octanol–water partition coefficient (Wildman–Crippen LogP) is 5.28. The van der Waals surface area contributed by atoms with E-state index in [9.17, 15) is 0 Å². The van der Waals surface area contributed by atoms with Crippen LogP contribution in [0.2, 0.25) is 0 Å². The third kappa shape index (κ3) is 5.07. The minimum absolute atomic E-state index is 0.175. The molecule has 1 aromatic rings. The predicted molar refractivity (Wildman–Crippen MR) is 93.1 cm³/mol. The average Bonchev–Trinajstić information content (AvgIpc) is 2.80. The molecule has 2 nitrogen and oxygen atoms in total. The highest BCUT2D eigenvalue weighted by molar-refractivity contribution is 7.11. The molecule has 1 N–H and O–H groups in total. The Morgan fingerprint density at radius 1 is 1.19 bits per heavy atom. The first-order valence-corrected chi connectivity index (χ1v) is 9.44. The molecule has 0 atom stereocenters. The monoisotopic (exact) mass is 308 g/mol. The van der Waals surface area contributed by atoms with Crippen LogP contribution in [-0.2, 0) is 13.0 Å². The van der Waals surface area contributed by atoms with Crippen molar-refractivity contribution in [3.8, 4) is 0 Å². The zero-order chi connectivity index (χ0) is 15.5. The Kier molecular flexibility index (Phi) is 5.84. The van der Waals surface area contributed by atoms with Crippen LogP contribution in [0.15, 0.2) is 0 Å². The van der Waals surface area contributed by atoms with E-state index in [0.29, 0.717) is 0 Å². The lowest BCUT2D eigenvalue weighted by Gasteiger charge is -2.24. The van der Waals surface area contributed by atoms with E-state index in [2.05, 4.69) is 39.9 Å². The molecule has 1 fully saturated rings. The SMILES string of the molecule is CCCc1nc(C2CCC(C)CC2)sc1CNC(C)(C)C. The van der Waals surface area contributed by atoms with E-state index < -0.39 is 0 Å². The minimum atomic E-state index is 0.175. The third-order valence-electron chi connectivity index (χ3n) is 4.43. The zero-order valence-corrected chi connectivity index (χ0v) is 15.3. The molecule has 0 radical (unpaired) electrons. The van der Waals surface area contributed by atoms with Gasteiger partial charge in [-0.15, -0.1) is 11.3 Å². The van der Waals surface area contributed by atoms with Gasteiger partial charge >= 0.3 is 0 Å². The highest BCUT2D eigenvalue weighted by Gasteiger charge is 2.24. The van der Waals surface area contributed by atoms with Crippen molar-refractivity contribution in [1.82, 2.24) is 10.3 Å². The van der Waals surface area contributed by atoms with Gasteiger partial charge in [0.05, 0.1) is 10.7 Å². The number of aryl methyl sites for hydroxylation is 1. The Morgan fingerprint density at radius 3 is 2.43 bits per heavy atom. The number of hydrogen-bond donors (Lipinski definition) is 1. The summed E-state index contributed by atoms with van der Waals surface area (Å²) in [4.78, 5) is 6.50. The first-order valence-electron chi connectivity index (χ1n) is 8.62. The summed E-state index contributed by atoms with van der Waals surface area (Å²) in [6.07, 6.45) is 7.75. The lowest BCUT2D eigenvalue weighted by Crippen LogP contribution is -2.35. The largest absolute Gasteiger partial charge is 0.307 e. The number of aromatic nitrogens is 1. The van der Waals surface area contributed by atoms with Gasteiger partial charge in [0.25, 0.3) is 0 Å². The van der Waals surface area contributed by atoms with Gasteiger partial charge in [-0.05, 0) is 46.0 Å². The molecule has 3 heteroatoms. The van der Waals surface area contributed by atoms with E-state index in [0.717, 1.165) is 24.8 Å². The van der Waals surface area contributed by atoms with Gasteiger partial charge in [-0.25, -0.2) is 4.98 Å². The normalized spacial score (nSPS) is 23.5. The molecule has 21 heavy (non-hydrogen) atoms. The van der Waals surface area contributed by atoms with Gasteiger partial charge in [0.1, 0.15) is 0 Å². The minimum Gasteiger partial charge on any atom is -0.307 e. The second-order valence-corrected chi connectivity index (χ2v) is 8.85. The van der Waals surface area contributed by atoms with Crippen molar-refractivity contribution in [2.45, 2.75) is 91.1 Å². The number of hydrogen-bond acceptors (Lipinski definition) is 3. The fourth-order valence-corrected chi connectivity index (χ4v) is 4.22. The number of thiazole rings is 1. The van der Waals surface area contributed by atoms with Crippen molar-refractivity contribution in [3.63, 3.8) is 0 Å². The van der Waals surface area contributed by atoms with Gasteiger partial charge < -0.3 is 5.32 Å². The standard InChI is InChI=1S/C18H32N2S/c1-6-7-15-16(12-19-18(3,4)5)21-17(20-15)14-10-8-13(2)9-11-14/h13-14,19H,6-12H2,1-5H3. The van der Waals surface area contributed by atoms with Gasteiger partial charge in [-0.2, -0.15) is 0 Å². The summed E-state index contributed by atoms with van der Waals surface area (Å²) in [6, 6.07) is 0. The van der Waals surface area contributed by atoms with Crippen LogP contribution < -0.4 is 5.32 Å². The molecule has 1 saturated carbocycles. The quantitative estimate of drug-likeness (QED) is 0.800. The van der Waals surface area contributed by atoms with Crippen molar-refractivity contribution < 1.29 is 0 Å². The van der Waals surface area contributed by atoms with E-state index in [4.69, 9.17) is 4.98 Å². The molecule has 2 rings (SSSR count). The van der Waals surface area contributed by atoms with Crippen molar-refractivity contribution in [1.29, 1.82) is 0 Å². The number of nitrogens with zero attached hydrogens (tertiary/aromatic N) is 1. The van der Waals surface area contributed by atoms with Crippen LogP contribution in [0.1, 0.15) is 88.2 Å². The average molecular weight is 309 g/mol. The van der Waals surface area contributed by atoms with Gasteiger partial charge in [0, 0.05) is 22.9 Å². The Morgan fingerprint density at radius 2 is 1.86 bits per heavy atom. The van der Waals surface area contributed by atoms with Crippen LogP contribution in [-0.4, -0.2) is 10.5 Å². The molecule has 0 unspecified atom stereocenters. The fourth-order valence-electron chi connectivity index (χ4n) is 3.00. The maximum atomic E-state index is 5.03. The molecule has 0 aromatic carbocycles. The second-order valence-electron chi connectivity index (χ2n) is 7.73. The summed E-state index contributed by atoms with van der Waals surface area (Å²) in [5, 5.41) is 5.04. The van der Waals surface area contributed by atoms with Crippen LogP contribution in [0.3, 0.4) is 0 Å². The topological polar surface area (TPSA) is 24.9 Å². The van der Waals surface area contributed by atoms with Crippen LogP contribution in [0.5, 0.6) is 0 Å². The summed E-state index contributed by atoms with van der Waals surface area (Å²) in [7, 11) is 0. The van der Waals surface area contributed by atoms with E-state index in [1.165, 1.54) is 47.7 Å². The van der Waals surface area contributed by atoms with Gasteiger partial charge in [-0.3, -0.25) is 0 Å². The molecule has 0 amide bonds. The lowest BCUT2D eigenvalue weighted by molar-refractivity contribution is 0.347. The second kappa shape index (κ2) is 7.23. The Balaban J connectivity index is 2.08. The molecule has 0 aliphatic heterocycles. The van der Waals surface area contributed by atoms with Crippen molar-refractivity contribution >= 4 is 11.3 Å². The van der Waals surface area contributed by atoms with E-state index in [1.54, 1.807) is 0 Å². The van der Waals surface area contributed by atoms with Crippen LogP contribution in [0, 0.1) is 5.92 Å². The highest BCUT2D eigenvalue weighted by atomic mass is 32.1. The van der Waals surface area contributed by atoms with Gasteiger partial charge in [0.2, 0.25) is 0 Å². The molecular weight excluding hydrogens is 276 g/mol. The Labute approximate surface area is 134 Å². The van der Waals surface area contributed by atoms with Crippen LogP contribution in [0.25, 0.3) is 0 Å². The molecule has 0 spiro atoms. The zero-order valence-electron chi connectivity index (χ0n) is 14.5. The van der Waals surface area contributed by atoms with E-state index >= 15 is 0 Å². The highest BCUT2D eigenvalue weighted by Crippen LogP contribution is 2.38. The summed E-state index contributed by atoms with van der Waals surface area (Å²) in [6.45, 7) is 12.3. The molecule has 1 aliphatic rings. The smallest absolute Gasteiger partial charge is 0.0962 e. The Hall–Kier alpha value is -0.410. The lowest BCUT2D eigenvalue weighted by atomic mass is 9.83. The molecule has 0 saturated heterocycles. The summed E-state index contributed by atoms with van der Waals surface area (Å²) in [5.74, 6) is 1.64. The fraction of sp³-hybridized carbons (Fsp3) is 0.833. The van der Waals surface area contributed by atoms with Crippen LogP contribution >= 0.6 is 11.3 Å². The molecular formula is C18H32N2S. The van der Waals surface area contributed by atoms with Gasteiger partial charge in [0.15, 0.2) is 0 Å². The molecule has 120 valence electrons. The van der Waals surface area contributed by atoms with Crippen molar-refractivity contribution in [2.24, 2.45) is 5.92 Å². The summed E-state index contributed by atoms with van der Waals surface area (Å²) >= 11 is 1.97. The molecule has 1 aliphatic carbocycles. The van der Waals surface area contributed by atoms with Gasteiger partial charge in [-0.1, -0.05) is 33.1 Å². The van der Waals surface area contributed by atoms with E-state index in [1.807, 2.05) is 11.3 Å².